The van der Waals surface area contributed by atoms with Crippen molar-refractivity contribution in [1.82, 2.24) is 4.98 Å². The highest BCUT2D eigenvalue weighted by atomic mass is 35.5. The Morgan fingerprint density at radius 2 is 2.35 bits per heavy atom. The number of hydrogen-bond acceptors (Lipinski definition) is 4. The van der Waals surface area contributed by atoms with Gasteiger partial charge in [0.15, 0.2) is 0 Å². The number of anilines is 1. The van der Waals surface area contributed by atoms with Gasteiger partial charge in [-0.25, -0.2) is 14.2 Å². The number of pyridine rings is 1. The van der Waals surface area contributed by atoms with Crippen LogP contribution in [0.2, 0.25) is 5.02 Å². The summed E-state index contributed by atoms with van der Waals surface area (Å²) in [5, 5.41) is 3.36. The Kier molecular flexibility index (Phi) is 3.47. The van der Waals surface area contributed by atoms with E-state index in [0.717, 1.165) is 0 Å². The number of nitrogens with one attached hydrogen (secondary N) is 1. The number of nitrogens with zero attached hydrogens (tertiary/aromatic N) is 1. The average molecular weight is 259 g/mol. The Hall–Kier alpha value is -1.36. The smallest absolute Gasteiger partial charge is 0.341 e. The zero-order chi connectivity index (χ0) is 12.4. The molecule has 17 heavy (non-hydrogen) atoms. The molecule has 0 saturated heterocycles. The predicted molar refractivity (Wildman–Crippen MR) is 62.1 cm³/mol. The minimum absolute atomic E-state index is 0.0158. The summed E-state index contributed by atoms with van der Waals surface area (Å²) in [6.07, 6.45) is 1.54. The van der Waals surface area contributed by atoms with E-state index in [2.05, 4.69) is 15.0 Å². The second-order valence-electron chi connectivity index (χ2n) is 3.95. The Morgan fingerprint density at radius 1 is 1.65 bits per heavy atom. The van der Waals surface area contributed by atoms with Crippen molar-refractivity contribution in [2.75, 3.05) is 12.4 Å². The minimum Gasteiger partial charge on any atom is -0.465 e. The predicted octanol–water partition coefficient (Wildman–Crippen LogP) is 2.43. The van der Waals surface area contributed by atoms with Crippen LogP contribution in [-0.2, 0) is 4.74 Å². The van der Waals surface area contributed by atoms with Crippen molar-refractivity contribution >= 4 is 23.4 Å². The second-order valence-corrected chi connectivity index (χ2v) is 4.39. The number of aromatic nitrogens is 1. The highest BCUT2D eigenvalue weighted by Gasteiger charge is 2.30. The van der Waals surface area contributed by atoms with Crippen LogP contribution in [-0.4, -0.2) is 30.3 Å². The van der Waals surface area contributed by atoms with Crippen molar-refractivity contribution in [3.63, 3.8) is 0 Å². The molecule has 0 unspecified atom stereocenters. The van der Waals surface area contributed by atoms with Crippen molar-refractivity contribution in [2.24, 2.45) is 0 Å². The number of ether oxygens (including phenoxy) is 1. The molecule has 1 aromatic rings. The molecule has 1 fully saturated rings. The van der Waals surface area contributed by atoms with Crippen LogP contribution in [0, 0.1) is 0 Å². The molecule has 1 aromatic heterocycles. The Bertz CT molecular complexity index is 435. The summed E-state index contributed by atoms with van der Waals surface area (Å²) in [6.45, 7) is 0. The van der Waals surface area contributed by atoms with Crippen LogP contribution in [0.3, 0.4) is 0 Å². The molecule has 1 heterocycles. The third-order valence-electron chi connectivity index (χ3n) is 2.68. The largest absolute Gasteiger partial charge is 0.465 e. The lowest BCUT2D eigenvalue weighted by Crippen LogP contribution is -2.37. The molecule has 6 heteroatoms. The molecule has 1 aliphatic carbocycles. The number of hydrogen-bond donors (Lipinski definition) is 1. The number of rotatable bonds is 3. The molecule has 0 aliphatic heterocycles. The first-order chi connectivity index (χ1) is 8.10. The standard InChI is InChI=1S/C11H12ClFN2O2/c1-17-11(16)9-2-6(12)5-14-10(9)15-8-3-7(13)4-8/h2,5,7-8H,3-4H2,1H3,(H,14,15). The highest BCUT2D eigenvalue weighted by molar-refractivity contribution is 6.30. The van der Waals surface area contributed by atoms with E-state index in [1.807, 2.05) is 0 Å². The monoisotopic (exact) mass is 258 g/mol. The normalized spacial score (nSPS) is 22.8. The molecule has 0 spiro atoms. The first-order valence-corrected chi connectivity index (χ1v) is 5.62. The van der Waals surface area contributed by atoms with Crippen molar-refractivity contribution in [3.05, 3.63) is 22.8 Å². The summed E-state index contributed by atoms with van der Waals surface area (Å²) in [5.74, 6) is -0.128. The lowest BCUT2D eigenvalue weighted by Gasteiger charge is -2.31. The maximum absolute atomic E-state index is 12.7. The van der Waals surface area contributed by atoms with Gasteiger partial charge in [-0.1, -0.05) is 11.6 Å². The van der Waals surface area contributed by atoms with Crippen molar-refractivity contribution < 1.29 is 13.9 Å². The number of methoxy groups -OCH3 is 1. The molecule has 1 saturated carbocycles. The topological polar surface area (TPSA) is 51.2 Å². The fraction of sp³-hybridized carbons (Fsp3) is 0.455. The molecule has 4 nitrogen and oxygen atoms in total. The minimum atomic E-state index is -0.763. The fourth-order valence-electron chi connectivity index (χ4n) is 1.68. The number of esters is 1. The van der Waals surface area contributed by atoms with Gasteiger partial charge < -0.3 is 10.1 Å². The number of carbonyl (C=O) groups is 1. The zero-order valence-corrected chi connectivity index (χ0v) is 10.00. The molecular formula is C11H12ClFN2O2. The lowest BCUT2D eigenvalue weighted by molar-refractivity contribution is 0.0601. The first-order valence-electron chi connectivity index (χ1n) is 5.24. The molecule has 1 N–H and O–H groups in total. The molecule has 0 radical (unpaired) electrons. The van der Waals surface area contributed by atoms with Gasteiger partial charge in [0.05, 0.1) is 12.1 Å². The van der Waals surface area contributed by atoms with Crippen LogP contribution >= 0.6 is 11.6 Å². The maximum atomic E-state index is 12.7. The van der Waals surface area contributed by atoms with Gasteiger partial charge in [-0.2, -0.15) is 0 Å². The summed E-state index contributed by atoms with van der Waals surface area (Å²) in [6, 6.07) is 1.50. The fourth-order valence-corrected chi connectivity index (χ4v) is 1.84. The van der Waals surface area contributed by atoms with Crippen LogP contribution < -0.4 is 5.32 Å². The third-order valence-corrected chi connectivity index (χ3v) is 2.89. The molecule has 0 atom stereocenters. The maximum Gasteiger partial charge on any atom is 0.341 e. The molecule has 0 aromatic carbocycles. The van der Waals surface area contributed by atoms with E-state index in [0.29, 0.717) is 23.7 Å². The van der Waals surface area contributed by atoms with E-state index >= 15 is 0 Å². The van der Waals surface area contributed by atoms with E-state index in [-0.39, 0.29) is 11.6 Å². The second kappa shape index (κ2) is 4.87. The van der Waals surface area contributed by atoms with Gasteiger partial charge in [0.1, 0.15) is 17.6 Å². The zero-order valence-electron chi connectivity index (χ0n) is 9.24. The SMILES string of the molecule is COC(=O)c1cc(Cl)cnc1NC1CC(F)C1. The van der Waals surface area contributed by atoms with Crippen molar-refractivity contribution in [2.45, 2.75) is 25.1 Å². The molecular weight excluding hydrogens is 247 g/mol. The van der Waals surface area contributed by atoms with Crippen LogP contribution in [0.1, 0.15) is 23.2 Å². The van der Waals surface area contributed by atoms with Gasteiger partial charge in [-0.15, -0.1) is 0 Å². The summed E-state index contributed by atoms with van der Waals surface area (Å²) in [4.78, 5) is 15.5. The van der Waals surface area contributed by atoms with Crippen LogP contribution in [0.4, 0.5) is 10.2 Å². The molecule has 1 aliphatic rings. The molecule has 0 amide bonds. The Labute approximate surface area is 103 Å². The lowest BCUT2D eigenvalue weighted by atomic mass is 9.91. The Morgan fingerprint density at radius 3 is 2.94 bits per heavy atom. The van der Waals surface area contributed by atoms with E-state index in [1.165, 1.54) is 19.4 Å². The average Bonchev–Trinajstić information content (AvgIpc) is 2.28. The Balaban J connectivity index is 2.17. The van der Waals surface area contributed by atoms with Gasteiger partial charge in [0.2, 0.25) is 0 Å². The summed E-state index contributed by atoms with van der Waals surface area (Å²) in [5.41, 5.74) is 0.266. The van der Waals surface area contributed by atoms with E-state index in [4.69, 9.17) is 11.6 Å². The first kappa shape index (κ1) is 12.1. The molecule has 2 rings (SSSR count). The summed E-state index contributed by atoms with van der Waals surface area (Å²) in [7, 11) is 1.29. The van der Waals surface area contributed by atoms with Gasteiger partial charge in [0.25, 0.3) is 0 Å². The van der Waals surface area contributed by atoms with Gasteiger partial charge in [0, 0.05) is 12.2 Å². The molecule has 92 valence electrons. The van der Waals surface area contributed by atoms with Gasteiger partial charge in [-0.05, 0) is 18.9 Å². The summed E-state index contributed by atoms with van der Waals surface area (Å²) < 4.78 is 17.3. The van der Waals surface area contributed by atoms with Crippen LogP contribution in [0.5, 0.6) is 0 Å². The van der Waals surface area contributed by atoms with Gasteiger partial charge >= 0.3 is 5.97 Å². The summed E-state index contributed by atoms with van der Waals surface area (Å²) >= 11 is 5.77. The van der Waals surface area contributed by atoms with Gasteiger partial charge in [-0.3, -0.25) is 0 Å². The van der Waals surface area contributed by atoms with E-state index < -0.39 is 12.1 Å². The molecule has 0 bridgehead atoms. The van der Waals surface area contributed by atoms with Crippen LogP contribution in [0.25, 0.3) is 0 Å². The highest BCUT2D eigenvalue weighted by Crippen LogP contribution is 2.28. The number of halogens is 2. The van der Waals surface area contributed by atoms with Crippen LogP contribution in [0.15, 0.2) is 12.3 Å². The van der Waals surface area contributed by atoms with E-state index in [1.54, 1.807) is 0 Å². The number of alkyl halides is 1. The van der Waals surface area contributed by atoms with Crippen molar-refractivity contribution in [3.8, 4) is 0 Å². The van der Waals surface area contributed by atoms with E-state index in [9.17, 15) is 9.18 Å². The quantitative estimate of drug-likeness (QED) is 0.846. The third kappa shape index (κ3) is 2.66. The number of carbonyl (C=O) groups excluding carboxylic acids is 1. The van der Waals surface area contributed by atoms with Crippen molar-refractivity contribution in [1.29, 1.82) is 0 Å².